The van der Waals surface area contributed by atoms with Gasteiger partial charge in [-0.25, -0.2) is 0 Å². The fourth-order valence-corrected chi connectivity index (χ4v) is 5.06. The second-order valence-electron chi connectivity index (χ2n) is 9.84. The third kappa shape index (κ3) is 5.54. The number of pyridine rings is 1. The molecule has 1 aromatic carbocycles. The lowest BCUT2D eigenvalue weighted by molar-refractivity contribution is -0.125. The molecule has 3 aromatic rings. The van der Waals surface area contributed by atoms with Crippen molar-refractivity contribution in [1.82, 2.24) is 25.4 Å². The van der Waals surface area contributed by atoms with Crippen molar-refractivity contribution in [2.45, 2.75) is 39.0 Å². The highest BCUT2D eigenvalue weighted by molar-refractivity contribution is 6.06. The smallest absolute Gasteiger partial charge is 0.276 e. The lowest BCUT2D eigenvalue weighted by atomic mass is 10.0. The van der Waals surface area contributed by atoms with Gasteiger partial charge in [-0.1, -0.05) is 25.6 Å². The molecule has 196 valence electrons. The Labute approximate surface area is 223 Å². The summed E-state index contributed by atoms with van der Waals surface area (Å²) in [6.45, 7) is 9.57. The molecule has 0 aliphatic carbocycles. The minimum absolute atomic E-state index is 0.0601. The SMILES string of the molecule is C=C(/C=C\C(=CCC)NC(=O)c1n[nH]c2ccc(-c3cncc(N4CCCC4)c3)cc12)C(=O)N1CCCC1. The summed E-state index contributed by atoms with van der Waals surface area (Å²) in [5.74, 6) is -0.381. The maximum absolute atomic E-state index is 13.3. The van der Waals surface area contributed by atoms with Gasteiger partial charge in [0, 0.05) is 54.6 Å². The number of carbonyl (C=O) groups is 2. The number of amides is 2. The summed E-state index contributed by atoms with van der Waals surface area (Å²) < 4.78 is 0. The standard InChI is InChI=1S/C30H34N6O2/c1-3-8-24(11-9-21(2)30(38)36-15-6-7-16-36)32-29(37)28-26-18-22(10-12-27(26)33-34-28)23-17-25(20-31-19-23)35-13-4-5-14-35/h8-12,17-20H,2-7,13-16H2,1H3,(H,32,37)(H,33,34)/b11-9-,24-8?. The number of nitrogens with zero attached hydrogens (tertiary/aromatic N) is 4. The van der Waals surface area contributed by atoms with Crippen molar-refractivity contribution in [1.29, 1.82) is 0 Å². The zero-order valence-electron chi connectivity index (χ0n) is 21.9. The summed E-state index contributed by atoms with van der Waals surface area (Å²) in [5.41, 5.74) is 5.19. The van der Waals surface area contributed by atoms with E-state index in [-0.39, 0.29) is 11.8 Å². The Hall–Kier alpha value is -4.20. The molecule has 0 saturated carbocycles. The Kier molecular flexibility index (Phi) is 7.67. The number of hydrogen-bond donors (Lipinski definition) is 2. The topological polar surface area (TPSA) is 94.2 Å². The number of benzene rings is 1. The van der Waals surface area contributed by atoms with E-state index >= 15 is 0 Å². The highest BCUT2D eigenvalue weighted by Crippen LogP contribution is 2.29. The van der Waals surface area contributed by atoms with Gasteiger partial charge in [-0.2, -0.15) is 5.10 Å². The number of carbonyl (C=O) groups excluding carboxylic acids is 2. The molecule has 4 heterocycles. The molecule has 8 nitrogen and oxygen atoms in total. The number of allylic oxidation sites excluding steroid dienone is 2. The van der Waals surface area contributed by atoms with E-state index in [1.165, 1.54) is 12.8 Å². The van der Waals surface area contributed by atoms with Crippen LogP contribution in [0.25, 0.3) is 22.0 Å². The maximum atomic E-state index is 13.3. The van der Waals surface area contributed by atoms with Crippen LogP contribution in [0.3, 0.4) is 0 Å². The van der Waals surface area contributed by atoms with E-state index in [1.807, 2.05) is 48.5 Å². The molecule has 5 rings (SSSR count). The van der Waals surface area contributed by atoms with Gasteiger partial charge in [0.2, 0.25) is 0 Å². The van der Waals surface area contributed by atoms with E-state index in [9.17, 15) is 9.59 Å². The van der Waals surface area contributed by atoms with Gasteiger partial charge in [0.05, 0.1) is 17.4 Å². The van der Waals surface area contributed by atoms with Crippen molar-refractivity contribution in [2.75, 3.05) is 31.1 Å². The summed E-state index contributed by atoms with van der Waals surface area (Å²) in [5, 5.41) is 11.0. The molecule has 0 atom stereocenters. The first-order valence-corrected chi connectivity index (χ1v) is 13.4. The third-order valence-corrected chi connectivity index (χ3v) is 7.12. The van der Waals surface area contributed by atoms with Crippen LogP contribution in [-0.4, -0.2) is 58.1 Å². The van der Waals surface area contributed by atoms with Crippen molar-refractivity contribution in [3.63, 3.8) is 0 Å². The normalized spacial score (nSPS) is 16.1. The molecule has 8 heteroatoms. The van der Waals surface area contributed by atoms with Gasteiger partial charge in [-0.3, -0.25) is 19.7 Å². The van der Waals surface area contributed by atoms with Gasteiger partial charge in [0.1, 0.15) is 0 Å². The number of likely N-dealkylation sites (tertiary alicyclic amines) is 1. The molecule has 2 amide bonds. The zero-order valence-corrected chi connectivity index (χ0v) is 21.9. The van der Waals surface area contributed by atoms with E-state index in [4.69, 9.17) is 0 Å². The van der Waals surface area contributed by atoms with Crippen LogP contribution in [0.4, 0.5) is 5.69 Å². The van der Waals surface area contributed by atoms with Gasteiger partial charge >= 0.3 is 0 Å². The Morgan fingerprint density at radius 3 is 2.55 bits per heavy atom. The fourth-order valence-electron chi connectivity index (χ4n) is 5.06. The van der Waals surface area contributed by atoms with Crippen molar-refractivity contribution in [3.8, 4) is 11.1 Å². The van der Waals surface area contributed by atoms with Gasteiger partial charge in [-0.15, -0.1) is 0 Å². The quantitative estimate of drug-likeness (QED) is 0.329. The van der Waals surface area contributed by atoms with Gasteiger partial charge < -0.3 is 15.1 Å². The van der Waals surface area contributed by atoms with E-state index in [2.05, 4.69) is 38.0 Å². The van der Waals surface area contributed by atoms with Crippen LogP contribution in [0.2, 0.25) is 0 Å². The molecule has 2 fully saturated rings. The zero-order chi connectivity index (χ0) is 26.5. The summed E-state index contributed by atoms with van der Waals surface area (Å²) in [7, 11) is 0. The van der Waals surface area contributed by atoms with E-state index in [1.54, 1.807) is 12.2 Å². The lowest BCUT2D eigenvalue weighted by Crippen LogP contribution is -2.28. The van der Waals surface area contributed by atoms with Gasteiger partial charge in [0.25, 0.3) is 11.8 Å². The number of fused-ring (bicyclic) bond motifs is 1. The first kappa shape index (κ1) is 25.4. The molecule has 2 aliphatic rings. The number of aromatic nitrogens is 3. The molecular formula is C30H34N6O2. The van der Waals surface area contributed by atoms with Crippen LogP contribution < -0.4 is 10.2 Å². The molecule has 0 unspecified atom stereocenters. The van der Waals surface area contributed by atoms with Crippen LogP contribution in [0.15, 0.2) is 72.7 Å². The maximum Gasteiger partial charge on any atom is 0.276 e. The Bertz CT molecular complexity index is 1410. The molecule has 0 spiro atoms. The molecule has 0 bridgehead atoms. The number of aromatic amines is 1. The first-order chi connectivity index (χ1) is 18.5. The summed E-state index contributed by atoms with van der Waals surface area (Å²) in [6, 6.07) is 8.09. The predicted octanol–water partition coefficient (Wildman–Crippen LogP) is 4.98. The van der Waals surface area contributed by atoms with Crippen molar-refractivity contribution in [3.05, 3.63) is 78.4 Å². The molecule has 2 aliphatic heterocycles. The highest BCUT2D eigenvalue weighted by Gasteiger charge is 2.20. The lowest BCUT2D eigenvalue weighted by Gasteiger charge is -2.17. The summed E-state index contributed by atoms with van der Waals surface area (Å²) >= 11 is 0. The Morgan fingerprint density at radius 2 is 1.79 bits per heavy atom. The highest BCUT2D eigenvalue weighted by atomic mass is 16.2. The molecule has 38 heavy (non-hydrogen) atoms. The van der Waals surface area contributed by atoms with Gasteiger partial charge in [0.15, 0.2) is 5.69 Å². The van der Waals surface area contributed by atoms with E-state index < -0.39 is 0 Å². The number of anilines is 1. The van der Waals surface area contributed by atoms with Gasteiger partial charge in [-0.05, 0) is 68.0 Å². The van der Waals surface area contributed by atoms with Crippen molar-refractivity contribution >= 4 is 28.4 Å². The summed E-state index contributed by atoms with van der Waals surface area (Å²) in [4.78, 5) is 34.5. The van der Waals surface area contributed by atoms with Crippen molar-refractivity contribution in [2.24, 2.45) is 0 Å². The molecule has 2 saturated heterocycles. The number of rotatable bonds is 8. The third-order valence-electron chi connectivity index (χ3n) is 7.12. The van der Waals surface area contributed by atoms with Crippen LogP contribution in [0, 0.1) is 0 Å². The minimum atomic E-state index is -0.321. The number of H-pyrrole nitrogens is 1. The monoisotopic (exact) mass is 510 g/mol. The number of nitrogens with one attached hydrogen (secondary N) is 2. The van der Waals surface area contributed by atoms with Crippen molar-refractivity contribution < 1.29 is 9.59 Å². The largest absolute Gasteiger partial charge is 0.370 e. The molecule has 2 aromatic heterocycles. The molecular weight excluding hydrogens is 476 g/mol. The molecule has 0 radical (unpaired) electrons. The average Bonchev–Trinajstić information content (AvgIpc) is 3.73. The fraction of sp³-hybridized carbons (Fsp3) is 0.333. The number of hydrogen-bond acceptors (Lipinski definition) is 5. The van der Waals surface area contributed by atoms with Crippen LogP contribution >= 0.6 is 0 Å². The first-order valence-electron chi connectivity index (χ1n) is 13.4. The second-order valence-corrected chi connectivity index (χ2v) is 9.84. The summed E-state index contributed by atoms with van der Waals surface area (Å²) in [6.07, 6.45) is 14.2. The van der Waals surface area contributed by atoms with Crippen LogP contribution in [-0.2, 0) is 4.79 Å². The minimum Gasteiger partial charge on any atom is -0.370 e. The second kappa shape index (κ2) is 11.5. The van der Waals surface area contributed by atoms with E-state index in [0.717, 1.165) is 73.2 Å². The van der Waals surface area contributed by atoms with Crippen LogP contribution in [0.5, 0.6) is 0 Å². The molecule has 2 N–H and O–H groups in total. The Balaban J connectivity index is 1.34. The predicted molar refractivity (Wildman–Crippen MR) is 151 cm³/mol. The average molecular weight is 511 g/mol. The van der Waals surface area contributed by atoms with E-state index in [0.29, 0.717) is 17.0 Å². The Morgan fingerprint density at radius 1 is 1.03 bits per heavy atom. The van der Waals surface area contributed by atoms with Crippen LogP contribution in [0.1, 0.15) is 49.5 Å².